The third-order valence-electron chi connectivity index (χ3n) is 3.42. The van der Waals surface area contributed by atoms with E-state index in [0.29, 0.717) is 5.76 Å². The van der Waals surface area contributed by atoms with E-state index in [1.165, 1.54) is 6.26 Å². The molecular weight excluding hydrogens is 310 g/mol. The van der Waals surface area contributed by atoms with Crippen LogP contribution in [0.25, 0.3) is 0 Å². The van der Waals surface area contributed by atoms with Gasteiger partial charge >= 0.3 is 0 Å². The summed E-state index contributed by atoms with van der Waals surface area (Å²) in [6.07, 6.45) is 1.54. The van der Waals surface area contributed by atoms with E-state index in [-0.39, 0.29) is 18.3 Å². The molecule has 3 rings (SSSR count). The summed E-state index contributed by atoms with van der Waals surface area (Å²) in [4.78, 5) is 20.8. The lowest BCUT2D eigenvalue weighted by Gasteiger charge is -2.33. The Morgan fingerprint density at radius 1 is 1.38 bits per heavy atom. The second-order valence-electron chi connectivity index (χ2n) is 4.93. The summed E-state index contributed by atoms with van der Waals surface area (Å²) in [6, 6.07) is 3.46. The number of hydrogen-bond donors (Lipinski definition) is 0. The molecule has 0 atom stereocenters. The van der Waals surface area contributed by atoms with Crippen molar-refractivity contribution < 1.29 is 9.21 Å². The topological polar surface area (TPSA) is 49.6 Å². The number of nitrogens with zero attached hydrogens (tertiary/aromatic N) is 3. The quantitative estimate of drug-likeness (QED) is 0.868. The molecule has 2 aromatic heterocycles. The first kappa shape index (κ1) is 16.0. The molecule has 0 unspecified atom stereocenters. The molecule has 0 N–H and O–H groups in total. The Labute approximate surface area is 134 Å². The molecule has 0 aliphatic carbocycles. The molecule has 0 radical (unpaired) electrons. The second-order valence-corrected chi connectivity index (χ2v) is 5.87. The van der Waals surface area contributed by atoms with Gasteiger partial charge in [-0.3, -0.25) is 9.69 Å². The average Bonchev–Trinajstić information content (AvgIpc) is 3.11. The number of aromatic nitrogens is 1. The molecule has 0 saturated carbocycles. The Morgan fingerprint density at radius 2 is 2.14 bits per heavy atom. The maximum atomic E-state index is 12.1. The minimum absolute atomic E-state index is 0. The van der Waals surface area contributed by atoms with E-state index in [0.717, 1.165) is 43.4 Å². The minimum Gasteiger partial charge on any atom is -0.459 e. The summed E-state index contributed by atoms with van der Waals surface area (Å²) in [5.74, 6) is 0.411. The Hall–Kier alpha value is -1.37. The number of carbonyl (C=O) groups excluding carboxylic acids is 1. The number of hydrogen-bond acceptors (Lipinski definition) is 5. The van der Waals surface area contributed by atoms with E-state index < -0.39 is 0 Å². The van der Waals surface area contributed by atoms with Crippen molar-refractivity contribution in [3.63, 3.8) is 0 Å². The smallest absolute Gasteiger partial charge is 0.289 e. The zero-order valence-electron chi connectivity index (χ0n) is 11.8. The van der Waals surface area contributed by atoms with E-state index in [2.05, 4.69) is 15.3 Å². The van der Waals surface area contributed by atoms with Crippen molar-refractivity contribution in [2.75, 3.05) is 26.2 Å². The van der Waals surface area contributed by atoms with Crippen molar-refractivity contribution in [2.24, 2.45) is 0 Å². The van der Waals surface area contributed by atoms with E-state index >= 15 is 0 Å². The maximum Gasteiger partial charge on any atom is 0.289 e. The molecule has 0 bridgehead atoms. The standard InChI is InChI=1S/C14H17N3O2S.ClH/c1-11-10-20-13(15-11)9-16-4-6-17(7-5-16)14(18)12-3-2-8-19-12;/h2-3,8,10H,4-7,9H2,1H3;1H. The van der Waals surface area contributed by atoms with Gasteiger partial charge in [-0.15, -0.1) is 23.7 Å². The molecule has 5 nitrogen and oxygen atoms in total. The van der Waals surface area contributed by atoms with Gasteiger partial charge in [0.25, 0.3) is 5.91 Å². The first-order chi connectivity index (χ1) is 9.72. The van der Waals surface area contributed by atoms with Crippen molar-refractivity contribution in [1.29, 1.82) is 0 Å². The van der Waals surface area contributed by atoms with Crippen LogP contribution in [-0.2, 0) is 6.54 Å². The molecule has 21 heavy (non-hydrogen) atoms. The summed E-state index contributed by atoms with van der Waals surface area (Å²) in [5, 5.41) is 3.22. The second kappa shape index (κ2) is 7.06. The van der Waals surface area contributed by atoms with Crippen LogP contribution in [0.3, 0.4) is 0 Å². The van der Waals surface area contributed by atoms with Crippen LogP contribution in [0.2, 0.25) is 0 Å². The largest absolute Gasteiger partial charge is 0.459 e. The van der Waals surface area contributed by atoms with E-state index in [4.69, 9.17) is 4.42 Å². The third-order valence-corrected chi connectivity index (χ3v) is 4.37. The van der Waals surface area contributed by atoms with Crippen LogP contribution >= 0.6 is 23.7 Å². The maximum absolute atomic E-state index is 12.1. The van der Waals surface area contributed by atoms with Crippen LogP contribution in [-0.4, -0.2) is 46.9 Å². The summed E-state index contributed by atoms with van der Waals surface area (Å²) in [7, 11) is 0. The van der Waals surface area contributed by atoms with Crippen molar-refractivity contribution in [3.05, 3.63) is 40.2 Å². The van der Waals surface area contributed by atoms with Crippen molar-refractivity contribution in [2.45, 2.75) is 13.5 Å². The van der Waals surface area contributed by atoms with Gasteiger partial charge in [0, 0.05) is 37.3 Å². The number of halogens is 1. The summed E-state index contributed by atoms with van der Waals surface area (Å²) >= 11 is 1.70. The van der Waals surface area contributed by atoms with Crippen molar-refractivity contribution in [3.8, 4) is 0 Å². The molecule has 1 aliphatic heterocycles. The van der Waals surface area contributed by atoms with Gasteiger partial charge in [0.15, 0.2) is 5.76 Å². The molecule has 3 heterocycles. The van der Waals surface area contributed by atoms with E-state index in [9.17, 15) is 4.79 Å². The summed E-state index contributed by atoms with van der Waals surface area (Å²) < 4.78 is 5.16. The highest BCUT2D eigenvalue weighted by Crippen LogP contribution is 2.14. The Balaban J connectivity index is 0.00000161. The molecule has 1 amide bonds. The highest BCUT2D eigenvalue weighted by atomic mass is 35.5. The van der Waals surface area contributed by atoms with Gasteiger partial charge in [0.2, 0.25) is 0 Å². The Morgan fingerprint density at radius 3 is 2.71 bits per heavy atom. The SMILES string of the molecule is Cc1csc(CN2CCN(C(=O)c3ccco3)CC2)n1.Cl. The first-order valence-corrected chi connectivity index (χ1v) is 7.56. The van der Waals surface area contributed by atoms with Crippen LogP contribution in [0.5, 0.6) is 0 Å². The summed E-state index contributed by atoms with van der Waals surface area (Å²) in [5.41, 5.74) is 1.08. The van der Waals surface area contributed by atoms with E-state index in [1.54, 1.807) is 23.5 Å². The molecule has 1 aliphatic rings. The fraction of sp³-hybridized carbons (Fsp3) is 0.429. The third kappa shape index (κ3) is 3.84. The van der Waals surface area contributed by atoms with Gasteiger partial charge in [-0.25, -0.2) is 4.98 Å². The minimum atomic E-state index is -0.0141. The van der Waals surface area contributed by atoms with Crippen LogP contribution in [0, 0.1) is 6.92 Å². The molecule has 114 valence electrons. The van der Waals surface area contributed by atoms with Gasteiger partial charge in [0.1, 0.15) is 5.01 Å². The Kier molecular flexibility index (Phi) is 5.39. The van der Waals surface area contributed by atoms with Crippen molar-refractivity contribution >= 4 is 29.7 Å². The van der Waals surface area contributed by atoms with Gasteiger partial charge in [-0.2, -0.15) is 0 Å². The predicted molar refractivity (Wildman–Crippen MR) is 84.0 cm³/mol. The number of furan rings is 1. The normalized spacial score (nSPS) is 15.8. The van der Waals surface area contributed by atoms with Gasteiger partial charge < -0.3 is 9.32 Å². The average molecular weight is 328 g/mol. The lowest BCUT2D eigenvalue weighted by molar-refractivity contribution is 0.0597. The van der Waals surface area contributed by atoms with Crippen LogP contribution in [0.1, 0.15) is 21.3 Å². The molecule has 1 fully saturated rings. The zero-order valence-corrected chi connectivity index (χ0v) is 13.5. The highest BCUT2D eigenvalue weighted by molar-refractivity contribution is 7.09. The number of amides is 1. The fourth-order valence-electron chi connectivity index (χ4n) is 2.33. The predicted octanol–water partition coefficient (Wildman–Crippen LogP) is 2.42. The van der Waals surface area contributed by atoms with Gasteiger partial charge in [-0.1, -0.05) is 0 Å². The van der Waals surface area contributed by atoms with E-state index in [1.807, 2.05) is 11.8 Å². The number of thiazole rings is 1. The Bertz CT molecular complexity index is 577. The molecular formula is C14H18ClN3O2S. The summed E-state index contributed by atoms with van der Waals surface area (Å²) in [6.45, 7) is 6.13. The lowest BCUT2D eigenvalue weighted by Crippen LogP contribution is -2.48. The number of carbonyl (C=O) groups is 1. The lowest BCUT2D eigenvalue weighted by atomic mass is 10.3. The number of piperazine rings is 1. The molecule has 7 heteroatoms. The monoisotopic (exact) mass is 327 g/mol. The molecule has 2 aromatic rings. The molecule has 0 spiro atoms. The van der Waals surface area contributed by atoms with Crippen LogP contribution < -0.4 is 0 Å². The highest BCUT2D eigenvalue weighted by Gasteiger charge is 2.23. The number of aryl methyl sites for hydroxylation is 1. The van der Waals surface area contributed by atoms with Gasteiger partial charge in [0.05, 0.1) is 12.8 Å². The van der Waals surface area contributed by atoms with Crippen molar-refractivity contribution in [1.82, 2.24) is 14.8 Å². The zero-order chi connectivity index (χ0) is 13.9. The molecule has 0 aromatic carbocycles. The van der Waals surface area contributed by atoms with Crippen LogP contribution in [0.15, 0.2) is 28.2 Å². The molecule has 1 saturated heterocycles. The number of rotatable bonds is 3. The van der Waals surface area contributed by atoms with Crippen LogP contribution in [0.4, 0.5) is 0 Å². The van der Waals surface area contributed by atoms with Gasteiger partial charge in [-0.05, 0) is 19.1 Å². The first-order valence-electron chi connectivity index (χ1n) is 6.68. The fourth-order valence-corrected chi connectivity index (χ4v) is 3.14.